The fourth-order valence-electron chi connectivity index (χ4n) is 2.95. The lowest BCUT2D eigenvalue weighted by Gasteiger charge is -2.11. The summed E-state index contributed by atoms with van der Waals surface area (Å²) in [6.45, 7) is 3.05. The number of aryl methyl sites for hydroxylation is 1. The SMILES string of the molecule is CCCCCCCCc1ccc(NCc2ccccc2OC)cc1. The molecule has 130 valence electrons. The molecular formula is C22H31NO. The standard InChI is InChI=1S/C22H31NO/c1-3-4-5-6-7-8-11-19-14-16-21(17-15-19)23-18-20-12-9-10-13-22(20)24-2/h9-10,12-17,23H,3-8,11,18H2,1-2H3. The summed E-state index contributed by atoms with van der Waals surface area (Å²) in [6.07, 6.45) is 9.33. The number of ether oxygens (including phenoxy) is 1. The van der Waals surface area contributed by atoms with Crippen molar-refractivity contribution in [1.29, 1.82) is 0 Å². The van der Waals surface area contributed by atoms with E-state index in [-0.39, 0.29) is 0 Å². The minimum absolute atomic E-state index is 0.779. The van der Waals surface area contributed by atoms with Crippen LogP contribution in [0.4, 0.5) is 5.69 Å². The van der Waals surface area contributed by atoms with Crippen LogP contribution in [0.25, 0.3) is 0 Å². The van der Waals surface area contributed by atoms with Gasteiger partial charge >= 0.3 is 0 Å². The van der Waals surface area contributed by atoms with Crippen molar-refractivity contribution >= 4 is 5.69 Å². The number of hydrogen-bond acceptors (Lipinski definition) is 2. The molecule has 0 heterocycles. The van der Waals surface area contributed by atoms with Crippen LogP contribution in [-0.2, 0) is 13.0 Å². The van der Waals surface area contributed by atoms with Crippen LogP contribution in [0.5, 0.6) is 5.75 Å². The topological polar surface area (TPSA) is 21.3 Å². The number of methoxy groups -OCH3 is 1. The number of nitrogens with one attached hydrogen (secondary N) is 1. The van der Waals surface area contributed by atoms with E-state index in [0.717, 1.165) is 18.0 Å². The number of benzene rings is 2. The van der Waals surface area contributed by atoms with E-state index in [0.29, 0.717) is 0 Å². The van der Waals surface area contributed by atoms with E-state index in [4.69, 9.17) is 4.74 Å². The Morgan fingerprint density at radius 1 is 0.833 bits per heavy atom. The van der Waals surface area contributed by atoms with E-state index < -0.39 is 0 Å². The Balaban J connectivity index is 1.73. The van der Waals surface area contributed by atoms with Gasteiger partial charge in [-0.05, 0) is 36.6 Å². The number of anilines is 1. The van der Waals surface area contributed by atoms with Crippen LogP contribution < -0.4 is 10.1 Å². The van der Waals surface area contributed by atoms with Gasteiger partial charge in [-0.15, -0.1) is 0 Å². The van der Waals surface area contributed by atoms with Crippen LogP contribution >= 0.6 is 0 Å². The van der Waals surface area contributed by atoms with Crippen LogP contribution in [0.15, 0.2) is 48.5 Å². The average molecular weight is 325 g/mol. The summed E-state index contributed by atoms with van der Waals surface area (Å²) >= 11 is 0. The van der Waals surface area contributed by atoms with Gasteiger partial charge in [0.15, 0.2) is 0 Å². The molecule has 2 aromatic rings. The van der Waals surface area contributed by atoms with E-state index in [9.17, 15) is 0 Å². The maximum absolute atomic E-state index is 5.39. The van der Waals surface area contributed by atoms with Gasteiger partial charge in [0.25, 0.3) is 0 Å². The zero-order valence-corrected chi connectivity index (χ0v) is 15.2. The smallest absolute Gasteiger partial charge is 0.123 e. The second kappa shape index (κ2) is 10.7. The van der Waals surface area contributed by atoms with Crippen LogP contribution in [0, 0.1) is 0 Å². The Morgan fingerprint density at radius 3 is 2.29 bits per heavy atom. The fraction of sp³-hybridized carbons (Fsp3) is 0.455. The first-order valence-electron chi connectivity index (χ1n) is 9.28. The predicted molar refractivity (Wildman–Crippen MR) is 104 cm³/mol. The van der Waals surface area contributed by atoms with E-state index in [2.05, 4.69) is 42.6 Å². The van der Waals surface area contributed by atoms with Gasteiger partial charge < -0.3 is 10.1 Å². The normalized spacial score (nSPS) is 10.6. The Morgan fingerprint density at radius 2 is 1.54 bits per heavy atom. The molecule has 0 amide bonds. The number of unbranched alkanes of at least 4 members (excludes halogenated alkanes) is 5. The molecule has 0 aliphatic heterocycles. The summed E-state index contributed by atoms with van der Waals surface area (Å²) in [6, 6.07) is 17.0. The van der Waals surface area contributed by atoms with Gasteiger partial charge in [0.05, 0.1) is 7.11 Å². The molecule has 0 aliphatic rings. The average Bonchev–Trinajstić information content (AvgIpc) is 2.64. The lowest BCUT2D eigenvalue weighted by atomic mass is 10.0. The second-order valence-electron chi connectivity index (χ2n) is 6.38. The van der Waals surface area contributed by atoms with Crippen molar-refractivity contribution in [3.63, 3.8) is 0 Å². The summed E-state index contributed by atoms with van der Waals surface area (Å²) in [5.41, 5.74) is 3.78. The summed E-state index contributed by atoms with van der Waals surface area (Å²) < 4.78 is 5.39. The maximum atomic E-state index is 5.39. The molecule has 24 heavy (non-hydrogen) atoms. The zero-order valence-electron chi connectivity index (χ0n) is 15.2. The molecule has 0 aromatic heterocycles. The number of para-hydroxylation sites is 1. The molecule has 1 N–H and O–H groups in total. The molecule has 0 radical (unpaired) electrons. The molecule has 0 saturated heterocycles. The Kier molecular flexibility index (Phi) is 8.23. The Bertz CT molecular complexity index is 577. The van der Waals surface area contributed by atoms with Gasteiger partial charge in [0, 0.05) is 17.8 Å². The molecule has 0 spiro atoms. The minimum Gasteiger partial charge on any atom is -0.496 e. The monoisotopic (exact) mass is 325 g/mol. The van der Waals surface area contributed by atoms with Crippen molar-refractivity contribution in [2.24, 2.45) is 0 Å². The van der Waals surface area contributed by atoms with Crippen LogP contribution in [-0.4, -0.2) is 7.11 Å². The number of hydrogen-bond donors (Lipinski definition) is 1. The second-order valence-corrected chi connectivity index (χ2v) is 6.38. The third-order valence-electron chi connectivity index (χ3n) is 4.45. The third-order valence-corrected chi connectivity index (χ3v) is 4.45. The van der Waals surface area contributed by atoms with Gasteiger partial charge in [0.1, 0.15) is 5.75 Å². The van der Waals surface area contributed by atoms with Crippen LogP contribution in [0.2, 0.25) is 0 Å². The summed E-state index contributed by atoms with van der Waals surface area (Å²) in [5, 5.41) is 3.47. The molecule has 2 rings (SSSR count). The summed E-state index contributed by atoms with van der Waals surface area (Å²) in [5.74, 6) is 0.935. The zero-order chi connectivity index (χ0) is 17.0. The molecule has 0 bridgehead atoms. The fourth-order valence-corrected chi connectivity index (χ4v) is 2.95. The van der Waals surface area contributed by atoms with Gasteiger partial charge in [-0.3, -0.25) is 0 Å². The molecule has 2 aromatic carbocycles. The highest BCUT2D eigenvalue weighted by atomic mass is 16.5. The summed E-state index contributed by atoms with van der Waals surface area (Å²) in [4.78, 5) is 0. The van der Waals surface area contributed by atoms with Gasteiger partial charge in [-0.1, -0.05) is 69.4 Å². The van der Waals surface area contributed by atoms with Crippen LogP contribution in [0.1, 0.15) is 56.6 Å². The van der Waals surface area contributed by atoms with E-state index in [1.54, 1.807) is 7.11 Å². The van der Waals surface area contributed by atoms with Gasteiger partial charge in [-0.25, -0.2) is 0 Å². The highest BCUT2D eigenvalue weighted by Crippen LogP contribution is 2.19. The van der Waals surface area contributed by atoms with Crippen molar-refractivity contribution in [1.82, 2.24) is 0 Å². The van der Waals surface area contributed by atoms with Crippen molar-refractivity contribution in [3.05, 3.63) is 59.7 Å². The van der Waals surface area contributed by atoms with Crippen molar-refractivity contribution in [3.8, 4) is 5.75 Å². The molecule has 2 heteroatoms. The van der Waals surface area contributed by atoms with E-state index in [1.807, 2.05) is 18.2 Å². The first-order valence-corrected chi connectivity index (χ1v) is 9.28. The third kappa shape index (κ3) is 6.27. The number of rotatable bonds is 11. The molecule has 0 aliphatic carbocycles. The largest absolute Gasteiger partial charge is 0.496 e. The van der Waals surface area contributed by atoms with E-state index >= 15 is 0 Å². The van der Waals surface area contributed by atoms with Crippen LogP contribution in [0.3, 0.4) is 0 Å². The predicted octanol–water partition coefficient (Wildman–Crippen LogP) is 6.21. The Labute approximate surface area is 147 Å². The summed E-state index contributed by atoms with van der Waals surface area (Å²) in [7, 11) is 1.72. The van der Waals surface area contributed by atoms with E-state index in [1.165, 1.54) is 56.1 Å². The first-order chi connectivity index (χ1) is 11.8. The van der Waals surface area contributed by atoms with Gasteiger partial charge in [0.2, 0.25) is 0 Å². The quantitative estimate of drug-likeness (QED) is 0.496. The lowest BCUT2D eigenvalue weighted by Crippen LogP contribution is -2.01. The molecule has 0 unspecified atom stereocenters. The molecule has 0 fully saturated rings. The molecule has 2 nitrogen and oxygen atoms in total. The van der Waals surface area contributed by atoms with Crippen molar-refractivity contribution < 1.29 is 4.74 Å². The maximum Gasteiger partial charge on any atom is 0.123 e. The minimum atomic E-state index is 0.779. The van der Waals surface area contributed by atoms with Crippen molar-refractivity contribution in [2.75, 3.05) is 12.4 Å². The lowest BCUT2D eigenvalue weighted by molar-refractivity contribution is 0.410. The highest BCUT2D eigenvalue weighted by molar-refractivity contribution is 5.46. The molecule has 0 atom stereocenters. The van der Waals surface area contributed by atoms with Crippen molar-refractivity contribution in [2.45, 2.75) is 58.4 Å². The highest BCUT2D eigenvalue weighted by Gasteiger charge is 2.01. The molecular weight excluding hydrogens is 294 g/mol. The van der Waals surface area contributed by atoms with Gasteiger partial charge in [-0.2, -0.15) is 0 Å². The Hall–Kier alpha value is -1.96. The molecule has 0 saturated carbocycles. The first kappa shape index (κ1) is 18.4.